The molecule has 0 aromatic heterocycles. The molecule has 0 radical (unpaired) electrons. The Balaban J connectivity index is 1.94. The van der Waals surface area contributed by atoms with E-state index >= 15 is 0 Å². The van der Waals surface area contributed by atoms with Crippen LogP contribution in [-0.4, -0.2) is 32.7 Å². The lowest BCUT2D eigenvalue weighted by molar-refractivity contribution is 0.101. The normalized spacial score (nSPS) is 15.6. The summed E-state index contributed by atoms with van der Waals surface area (Å²) < 4.78 is 32.3. The maximum absolute atomic E-state index is 13.3. The third-order valence-corrected chi connectivity index (χ3v) is 6.55. The summed E-state index contributed by atoms with van der Waals surface area (Å²) in [6, 6.07) is 19.5. The van der Waals surface area contributed by atoms with Crippen LogP contribution in [0.25, 0.3) is 16.5 Å². The molecular weight excluding hydrogens is 362 g/mol. The van der Waals surface area contributed by atoms with Crippen molar-refractivity contribution in [2.24, 2.45) is 0 Å². The number of carbonyl (C=O) groups excluding carboxylic acids is 1. The molecule has 0 bridgehead atoms. The average molecular weight is 379 g/mol. The van der Waals surface area contributed by atoms with Gasteiger partial charge in [0.2, 0.25) is 5.78 Å². The molecule has 6 heteroatoms. The van der Waals surface area contributed by atoms with E-state index in [1.807, 2.05) is 30.3 Å². The Kier molecular flexibility index (Phi) is 4.00. The van der Waals surface area contributed by atoms with Gasteiger partial charge in [-0.25, -0.2) is 8.42 Å². The molecule has 0 unspecified atom stereocenters. The molecule has 136 valence electrons. The summed E-state index contributed by atoms with van der Waals surface area (Å²) in [7, 11) is -1.02. The molecule has 0 spiro atoms. The highest BCUT2D eigenvalue weighted by Crippen LogP contribution is 2.37. The number of fused-ring (bicyclic) bond motifs is 2. The Bertz CT molecular complexity index is 1210. The van der Waals surface area contributed by atoms with Crippen LogP contribution in [0.2, 0.25) is 0 Å². The van der Waals surface area contributed by atoms with Gasteiger partial charge in [-0.15, -0.1) is 0 Å². The molecule has 3 aromatic carbocycles. The van der Waals surface area contributed by atoms with Gasteiger partial charge in [-0.2, -0.15) is 0 Å². The number of likely N-dealkylation sites (N-methyl/N-ethyl adjacent to an activating group) is 1. The van der Waals surface area contributed by atoms with Crippen molar-refractivity contribution in [3.63, 3.8) is 0 Å². The number of allylic oxidation sites excluding steroid dienone is 1. The average Bonchev–Trinajstić information content (AvgIpc) is 2.70. The summed E-state index contributed by atoms with van der Waals surface area (Å²) in [5.41, 5.74) is 0.799. The summed E-state index contributed by atoms with van der Waals surface area (Å²) in [5, 5.41) is 1.91. The summed E-state index contributed by atoms with van der Waals surface area (Å²) in [5.74, 6) is -0.153. The second kappa shape index (κ2) is 6.25. The first-order chi connectivity index (χ1) is 12.9. The molecule has 4 rings (SSSR count). The van der Waals surface area contributed by atoms with Crippen LogP contribution in [0, 0.1) is 0 Å². The number of hydrogen-bond donors (Lipinski definition) is 0. The molecule has 3 aromatic rings. The number of Topliss-reactive ketones (excluding diaryl/α,β-unsaturated/α-hetero) is 1. The van der Waals surface area contributed by atoms with E-state index in [1.54, 1.807) is 30.3 Å². The maximum atomic E-state index is 13.3. The number of ether oxygens (including phenoxy) is 1. The zero-order valence-electron chi connectivity index (χ0n) is 14.8. The molecular formula is C21H17NO4S. The Morgan fingerprint density at radius 2 is 1.59 bits per heavy atom. The highest BCUT2D eigenvalue weighted by Gasteiger charge is 2.38. The standard InChI is InChI=1S/C21H17NO4S/c1-22-19(20(23)16-12-11-14-7-3-4-8-15(14)13-16)21(26-2)17-9-5-6-10-18(17)27(22,24)25/h3-13H,1-2H3. The molecule has 0 N–H and O–H groups in total. The van der Waals surface area contributed by atoms with E-state index in [4.69, 9.17) is 4.74 Å². The van der Waals surface area contributed by atoms with E-state index in [-0.39, 0.29) is 16.4 Å². The topological polar surface area (TPSA) is 63.7 Å². The molecule has 0 saturated carbocycles. The second-order valence-corrected chi connectivity index (χ2v) is 8.18. The zero-order chi connectivity index (χ0) is 19.2. The van der Waals surface area contributed by atoms with Gasteiger partial charge in [0.1, 0.15) is 5.70 Å². The second-order valence-electron chi connectivity index (χ2n) is 6.24. The van der Waals surface area contributed by atoms with Gasteiger partial charge in [0.05, 0.1) is 12.0 Å². The number of methoxy groups -OCH3 is 1. The molecule has 1 heterocycles. The van der Waals surface area contributed by atoms with Gasteiger partial charge in [-0.05, 0) is 29.0 Å². The van der Waals surface area contributed by atoms with Crippen molar-refractivity contribution in [3.8, 4) is 0 Å². The van der Waals surface area contributed by atoms with E-state index in [9.17, 15) is 13.2 Å². The molecule has 1 aliphatic heterocycles. The first kappa shape index (κ1) is 17.3. The van der Waals surface area contributed by atoms with Crippen LogP contribution in [0.3, 0.4) is 0 Å². The Morgan fingerprint density at radius 1 is 0.926 bits per heavy atom. The molecule has 0 aliphatic carbocycles. The fraction of sp³-hybridized carbons (Fsp3) is 0.0952. The monoisotopic (exact) mass is 379 g/mol. The first-order valence-electron chi connectivity index (χ1n) is 8.35. The highest BCUT2D eigenvalue weighted by atomic mass is 32.2. The minimum absolute atomic E-state index is 0.00600. The quantitative estimate of drug-likeness (QED) is 0.652. The van der Waals surface area contributed by atoms with Crippen LogP contribution in [0.5, 0.6) is 0 Å². The van der Waals surface area contributed by atoms with Gasteiger partial charge in [-0.3, -0.25) is 9.10 Å². The third-order valence-electron chi connectivity index (χ3n) is 4.73. The largest absolute Gasteiger partial charge is 0.494 e. The Hall–Kier alpha value is -3.12. The van der Waals surface area contributed by atoms with Crippen molar-refractivity contribution in [2.45, 2.75) is 4.90 Å². The summed E-state index contributed by atoms with van der Waals surface area (Å²) >= 11 is 0. The van der Waals surface area contributed by atoms with Gasteiger partial charge in [-0.1, -0.05) is 48.5 Å². The van der Waals surface area contributed by atoms with Crippen LogP contribution in [0.4, 0.5) is 0 Å². The van der Waals surface area contributed by atoms with Gasteiger partial charge in [0.15, 0.2) is 5.76 Å². The number of benzene rings is 3. The number of nitrogens with zero attached hydrogens (tertiary/aromatic N) is 1. The van der Waals surface area contributed by atoms with Crippen LogP contribution in [0.1, 0.15) is 15.9 Å². The zero-order valence-corrected chi connectivity index (χ0v) is 15.7. The molecule has 0 amide bonds. The minimum atomic E-state index is -3.83. The van der Waals surface area contributed by atoms with Gasteiger partial charge in [0.25, 0.3) is 10.0 Å². The maximum Gasteiger partial charge on any atom is 0.265 e. The highest BCUT2D eigenvalue weighted by molar-refractivity contribution is 7.89. The smallest absolute Gasteiger partial charge is 0.265 e. The van der Waals surface area contributed by atoms with E-state index in [1.165, 1.54) is 20.2 Å². The fourth-order valence-corrected chi connectivity index (χ4v) is 4.73. The molecule has 1 aliphatic rings. The van der Waals surface area contributed by atoms with Crippen molar-refractivity contribution < 1.29 is 17.9 Å². The van der Waals surface area contributed by atoms with E-state index in [0.29, 0.717) is 11.1 Å². The summed E-state index contributed by atoms with van der Waals surface area (Å²) in [6.45, 7) is 0. The van der Waals surface area contributed by atoms with E-state index < -0.39 is 15.8 Å². The molecule has 27 heavy (non-hydrogen) atoms. The SMILES string of the molecule is COC1=C(C(=O)c2ccc3ccccc3c2)N(C)S(=O)(=O)c2ccccc21. The number of ketones is 1. The minimum Gasteiger partial charge on any atom is -0.494 e. The van der Waals surface area contributed by atoms with Gasteiger partial charge in [0, 0.05) is 18.2 Å². The van der Waals surface area contributed by atoms with Crippen LogP contribution in [-0.2, 0) is 14.8 Å². The lowest BCUT2D eigenvalue weighted by Crippen LogP contribution is -2.35. The van der Waals surface area contributed by atoms with E-state index in [0.717, 1.165) is 15.1 Å². The lowest BCUT2D eigenvalue weighted by atomic mass is 10.0. The fourth-order valence-electron chi connectivity index (χ4n) is 3.34. The summed E-state index contributed by atoms with van der Waals surface area (Å²) in [4.78, 5) is 13.4. The summed E-state index contributed by atoms with van der Waals surface area (Å²) in [6.07, 6.45) is 0. The van der Waals surface area contributed by atoms with Crippen molar-refractivity contribution in [1.29, 1.82) is 0 Å². The molecule has 0 saturated heterocycles. The van der Waals surface area contributed by atoms with Crippen LogP contribution >= 0.6 is 0 Å². The molecule has 0 fully saturated rings. The van der Waals surface area contributed by atoms with Crippen molar-refractivity contribution in [1.82, 2.24) is 4.31 Å². The first-order valence-corrected chi connectivity index (χ1v) is 9.79. The number of rotatable bonds is 3. The molecule has 5 nitrogen and oxygen atoms in total. The predicted octanol–water partition coefficient (Wildman–Crippen LogP) is 3.67. The number of sulfonamides is 1. The predicted molar refractivity (Wildman–Crippen MR) is 104 cm³/mol. The van der Waals surface area contributed by atoms with Gasteiger partial charge < -0.3 is 4.74 Å². The van der Waals surface area contributed by atoms with Crippen molar-refractivity contribution >= 4 is 32.3 Å². The van der Waals surface area contributed by atoms with Crippen molar-refractivity contribution in [3.05, 3.63) is 83.6 Å². The van der Waals surface area contributed by atoms with Crippen LogP contribution < -0.4 is 0 Å². The third kappa shape index (κ3) is 2.61. The van der Waals surface area contributed by atoms with Crippen LogP contribution in [0.15, 0.2) is 77.3 Å². The Labute approximate surface area is 157 Å². The van der Waals surface area contributed by atoms with Crippen molar-refractivity contribution in [2.75, 3.05) is 14.2 Å². The van der Waals surface area contributed by atoms with E-state index in [2.05, 4.69) is 0 Å². The van der Waals surface area contributed by atoms with Gasteiger partial charge >= 0.3 is 0 Å². The molecule has 0 atom stereocenters. The number of hydrogen-bond acceptors (Lipinski definition) is 4. The Morgan fingerprint density at radius 3 is 2.33 bits per heavy atom. The lowest BCUT2D eigenvalue weighted by Gasteiger charge is -2.30. The number of carbonyl (C=O) groups is 1.